The van der Waals surface area contributed by atoms with Gasteiger partial charge in [-0.25, -0.2) is 0 Å². The molecule has 20 heavy (non-hydrogen) atoms. The predicted octanol–water partition coefficient (Wildman–Crippen LogP) is 0.901. The van der Waals surface area contributed by atoms with Crippen molar-refractivity contribution in [3.8, 4) is 0 Å². The topological polar surface area (TPSA) is 61.4 Å². The van der Waals surface area contributed by atoms with Crippen LogP contribution < -0.4 is 10.6 Å². The van der Waals surface area contributed by atoms with Gasteiger partial charge in [0.1, 0.15) is 6.54 Å². The molecule has 5 nitrogen and oxygen atoms in total. The second-order valence-corrected chi connectivity index (χ2v) is 5.49. The van der Waals surface area contributed by atoms with Crippen molar-refractivity contribution in [2.75, 3.05) is 26.2 Å². The second-order valence-electron chi connectivity index (χ2n) is 5.49. The van der Waals surface area contributed by atoms with Crippen LogP contribution >= 0.6 is 0 Å². The van der Waals surface area contributed by atoms with Gasteiger partial charge in [0.25, 0.3) is 0 Å². The van der Waals surface area contributed by atoms with E-state index in [1.165, 1.54) is 4.90 Å². The summed E-state index contributed by atoms with van der Waals surface area (Å²) in [5.41, 5.74) is -0.394. The quantitative estimate of drug-likeness (QED) is 0.766. The van der Waals surface area contributed by atoms with Gasteiger partial charge in [0.15, 0.2) is 0 Å². The Morgan fingerprint density at radius 2 is 1.55 bits per heavy atom. The van der Waals surface area contributed by atoms with Gasteiger partial charge < -0.3 is 10.6 Å². The number of nitrogens with one attached hydrogen (secondary N) is 2. The number of nitrogens with zero attached hydrogens (tertiary/aromatic N) is 1. The van der Waals surface area contributed by atoms with E-state index >= 15 is 0 Å². The standard InChI is InChI=1S/C12H22F3N3O2/c1-5-18(7-10(20)17-11(2,3)4)6-9(19)16-8-12(13,14)15/h5-8H2,1-4H3,(H,16,19)(H,17,20). The van der Waals surface area contributed by atoms with E-state index in [1.807, 2.05) is 20.8 Å². The minimum Gasteiger partial charge on any atom is -0.350 e. The van der Waals surface area contributed by atoms with Crippen LogP contribution in [0, 0.1) is 0 Å². The molecule has 0 aromatic rings. The third-order valence-corrected chi connectivity index (χ3v) is 2.18. The van der Waals surface area contributed by atoms with Crippen molar-refractivity contribution in [1.29, 1.82) is 0 Å². The Morgan fingerprint density at radius 1 is 1.05 bits per heavy atom. The number of hydrogen-bond donors (Lipinski definition) is 2. The van der Waals surface area contributed by atoms with Crippen molar-refractivity contribution in [1.82, 2.24) is 15.5 Å². The maximum atomic E-state index is 11.9. The van der Waals surface area contributed by atoms with Crippen LogP contribution in [0.1, 0.15) is 27.7 Å². The van der Waals surface area contributed by atoms with E-state index in [1.54, 1.807) is 12.2 Å². The van der Waals surface area contributed by atoms with Crippen LogP contribution in [-0.2, 0) is 9.59 Å². The molecular formula is C12H22F3N3O2. The van der Waals surface area contributed by atoms with Crippen molar-refractivity contribution in [2.45, 2.75) is 39.4 Å². The Balaban J connectivity index is 4.21. The zero-order valence-corrected chi connectivity index (χ0v) is 12.2. The van der Waals surface area contributed by atoms with Crippen LogP contribution in [0.25, 0.3) is 0 Å². The summed E-state index contributed by atoms with van der Waals surface area (Å²) in [6.45, 7) is 5.92. The van der Waals surface area contributed by atoms with E-state index < -0.39 is 24.2 Å². The number of amides is 2. The second kappa shape index (κ2) is 7.47. The first-order valence-electron chi connectivity index (χ1n) is 6.30. The number of hydrogen-bond acceptors (Lipinski definition) is 3. The summed E-state index contributed by atoms with van der Waals surface area (Å²) in [5, 5.41) is 4.49. The number of likely N-dealkylation sites (N-methyl/N-ethyl adjacent to an activating group) is 1. The summed E-state index contributed by atoms with van der Waals surface area (Å²) >= 11 is 0. The minimum absolute atomic E-state index is 0.0345. The molecule has 0 aromatic heterocycles. The molecule has 0 aliphatic carbocycles. The Labute approximate surface area is 116 Å². The maximum Gasteiger partial charge on any atom is 0.405 e. The van der Waals surface area contributed by atoms with Gasteiger partial charge >= 0.3 is 6.18 Å². The minimum atomic E-state index is -4.43. The van der Waals surface area contributed by atoms with Gasteiger partial charge in [-0.2, -0.15) is 13.2 Å². The molecule has 2 amide bonds. The van der Waals surface area contributed by atoms with E-state index in [0.29, 0.717) is 6.54 Å². The predicted molar refractivity (Wildman–Crippen MR) is 69.1 cm³/mol. The number of carbonyl (C=O) groups is 2. The summed E-state index contributed by atoms with van der Waals surface area (Å²) < 4.78 is 35.8. The Hall–Kier alpha value is -1.31. The van der Waals surface area contributed by atoms with Gasteiger partial charge in [-0.3, -0.25) is 14.5 Å². The van der Waals surface area contributed by atoms with Crippen molar-refractivity contribution < 1.29 is 22.8 Å². The smallest absolute Gasteiger partial charge is 0.350 e. The lowest BCUT2D eigenvalue weighted by molar-refractivity contribution is -0.139. The molecule has 0 aromatic carbocycles. The molecule has 0 aliphatic heterocycles. The van der Waals surface area contributed by atoms with E-state index in [0.717, 1.165) is 0 Å². The first-order valence-corrected chi connectivity index (χ1v) is 6.30. The molecule has 8 heteroatoms. The third kappa shape index (κ3) is 10.6. The molecule has 0 atom stereocenters. The van der Waals surface area contributed by atoms with E-state index in [4.69, 9.17) is 0 Å². The molecule has 0 heterocycles. The van der Waals surface area contributed by atoms with Crippen LogP contribution in [0.2, 0.25) is 0 Å². The Kier molecular flexibility index (Phi) is 6.98. The van der Waals surface area contributed by atoms with Crippen LogP contribution in [0.4, 0.5) is 13.2 Å². The normalized spacial score (nSPS) is 12.4. The van der Waals surface area contributed by atoms with Gasteiger partial charge in [0.2, 0.25) is 11.8 Å². The molecule has 0 spiro atoms. The van der Waals surface area contributed by atoms with Crippen LogP contribution in [0.3, 0.4) is 0 Å². The highest BCUT2D eigenvalue weighted by atomic mass is 19.4. The fraction of sp³-hybridized carbons (Fsp3) is 0.833. The lowest BCUT2D eigenvalue weighted by Gasteiger charge is -2.24. The largest absolute Gasteiger partial charge is 0.405 e. The number of rotatable bonds is 6. The Bertz CT molecular complexity index is 338. The molecule has 0 bridgehead atoms. The van der Waals surface area contributed by atoms with Gasteiger partial charge in [0, 0.05) is 5.54 Å². The summed E-state index contributed by atoms with van der Waals surface area (Å²) in [7, 11) is 0. The van der Waals surface area contributed by atoms with Crippen molar-refractivity contribution >= 4 is 11.8 Å². The zero-order chi connectivity index (χ0) is 16.0. The highest BCUT2D eigenvalue weighted by Gasteiger charge is 2.28. The SMILES string of the molecule is CCN(CC(=O)NCC(F)(F)F)CC(=O)NC(C)(C)C. The molecule has 0 radical (unpaired) electrons. The van der Waals surface area contributed by atoms with Gasteiger partial charge in [-0.05, 0) is 27.3 Å². The van der Waals surface area contributed by atoms with Crippen molar-refractivity contribution in [2.24, 2.45) is 0 Å². The van der Waals surface area contributed by atoms with E-state index in [-0.39, 0.29) is 19.0 Å². The van der Waals surface area contributed by atoms with E-state index in [2.05, 4.69) is 5.32 Å². The maximum absolute atomic E-state index is 11.9. The zero-order valence-electron chi connectivity index (χ0n) is 12.2. The molecule has 0 rings (SSSR count). The van der Waals surface area contributed by atoms with E-state index in [9.17, 15) is 22.8 Å². The van der Waals surface area contributed by atoms with Gasteiger partial charge in [-0.1, -0.05) is 6.92 Å². The highest BCUT2D eigenvalue weighted by molar-refractivity contribution is 5.81. The molecule has 0 saturated carbocycles. The summed E-state index contributed by atoms with van der Waals surface area (Å²) in [5.74, 6) is -1.03. The number of halogens is 3. The average molecular weight is 297 g/mol. The summed E-state index contributed by atoms with van der Waals surface area (Å²) in [6, 6.07) is 0. The first-order chi connectivity index (χ1) is 8.93. The average Bonchev–Trinajstić information content (AvgIpc) is 2.21. The van der Waals surface area contributed by atoms with Crippen molar-refractivity contribution in [3.05, 3.63) is 0 Å². The lowest BCUT2D eigenvalue weighted by atomic mass is 10.1. The van der Waals surface area contributed by atoms with Gasteiger partial charge in [0.05, 0.1) is 13.1 Å². The van der Waals surface area contributed by atoms with Gasteiger partial charge in [-0.15, -0.1) is 0 Å². The molecule has 118 valence electrons. The molecule has 2 N–H and O–H groups in total. The Morgan fingerprint density at radius 3 is 1.95 bits per heavy atom. The molecule has 0 saturated heterocycles. The molecule has 0 aliphatic rings. The fourth-order valence-electron chi connectivity index (χ4n) is 1.40. The molecule has 0 unspecified atom stereocenters. The number of alkyl halides is 3. The fourth-order valence-corrected chi connectivity index (χ4v) is 1.40. The highest BCUT2D eigenvalue weighted by Crippen LogP contribution is 2.12. The third-order valence-electron chi connectivity index (χ3n) is 2.18. The molecule has 0 fully saturated rings. The molecular weight excluding hydrogens is 275 g/mol. The first kappa shape index (κ1) is 18.7. The van der Waals surface area contributed by atoms with Crippen LogP contribution in [0.15, 0.2) is 0 Å². The van der Waals surface area contributed by atoms with Crippen LogP contribution in [-0.4, -0.2) is 54.6 Å². The lowest BCUT2D eigenvalue weighted by Crippen LogP contribution is -2.48. The van der Waals surface area contributed by atoms with Crippen molar-refractivity contribution in [3.63, 3.8) is 0 Å². The monoisotopic (exact) mass is 297 g/mol. The summed E-state index contributed by atoms with van der Waals surface area (Å²) in [6.07, 6.45) is -4.43. The number of carbonyl (C=O) groups excluding carboxylic acids is 2. The van der Waals surface area contributed by atoms with Crippen LogP contribution in [0.5, 0.6) is 0 Å². The summed E-state index contributed by atoms with van der Waals surface area (Å²) in [4.78, 5) is 24.5.